The largest absolute Gasteiger partial charge is 0.450 e. The molecule has 0 atom stereocenters. The first-order valence-electron chi connectivity index (χ1n) is 7.50. The quantitative estimate of drug-likeness (QED) is 0.371. The van der Waals surface area contributed by atoms with E-state index < -0.39 is 6.09 Å². The van der Waals surface area contributed by atoms with Gasteiger partial charge in [-0.25, -0.2) is 10.0 Å². The average Bonchev–Trinajstić information content (AvgIpc) is 2.66. The number of nitriles is 1. The van der Waals surface area contributed by atoms with Gasteiger partial charge in [-0.2, -0.15) is 5.26 Å². The molecule has 0 saturated carbocycles. The standard InChI is InChI=1S/C14H17N6O5/c1-2-24-14(21)18-5-7-19(8-6-18)20(23)17-25-13-4-3-12(16-22)9-11(13)10-15/h3-4,9H,2,5-8H2,1H3,(H,17,23)/q+1. The van der Waals surface area contributed by atoms with E-state index in [9.17, 15) is 14.9 Å². The highest BCUT2D eigenvalue weighted by Gasteiger charge is 2.29. The van der Waals surface area contributed by atoms with Gasteiger partial charge in [-0.15, -0.1) is 9.92 Å². The van der Waals surface area contributed by atoms with Gasteiger partial charge in [0.05, 0.1) is 25.3 Å². The Morgan fingerprint density at radius 1 is 1.40 bits per heavy atom. The van der Waals surface area contributed by atoms with Gasteiger partial charge in [0, 0.05) is 13.1 Å². The van der Waals surface area contributed by atoms with E-state index in [0.29, 0.717) is 37.8 Å². The Labute approximate surface area is 143 Å². The highest BCUT2D eigenvalue weighted by Crippen LogP contribution is 2.23. The predicted octanol–water partition coefficient (Wildman–Crippen LogP) is 1.79. The van der Waals surface area contributed by atoms with Gasteiger partial charge >= 0.3 is 6.09 Å². The molecule has 0 bridgehead atoms. The van der Waals surface area contributed by atoms with Crippen LogP contribution in [0, 0.1) is 16.2 Å². The predicted molar refractivity (Wildman–Crippen MR) is 81.9 cm³/mol. The van der Waals surface area contributed by atoms with Crippen molar-refractivity contribution in [3.05, 3.63) is 28.7 Å². The van der Waals surface area contributed by atoms with Crippen LogP contribution >= 0.6 is 0 Å². The highest BCUT2D eigenvalue weighted by molar-refractivity contribution is 5.67. The van der Waals surface area contributed by atoms with Crippen molar-refractivity contribution in [2.75, 3.05) is 32.8 Å². The topological polar surface area (TPSA) is 131 Å². The number of benzene rings is 1. The van der Waals surface area contributed by atoms with Crippen LogP contribution in [0.1, 0.15) is 12.5 Å². The molecule has 1 aliphatic heterocycles. The third-order valence-electron chi connectivity index (χ3n) is 3.44. The summed E-state index contributed by atoms with van der Waals surface area (Å²) >= 11 is 0. The molecule has 1 aromatic carbocycles. The van der Waals surface area contributed by atoms with Crippen molar-refractivity contribution in [3.63, 3.8) is 0 Å². The summed E-state index contributed by atoms with van der Waals surface area (Å²) in [5, 5.41) is 26.6. The maximum absolute atomic E-state index is 11.6. The Morgan fingerprint density at radius 2 is 2.12 bits per heavy atom. The van der Waals surface area contributed by atoms with Crippen LogP contribution < -0.4 is 4.84 Å². The van der Waals surface area contributed by atoms with E-state index in [1.165, 1.54) is 28.1 Å². The molecule has 1 aliphatic rings. The zero-order chi connectivity index (χ0) is 18.2. The first-order chi connectivity index (χ1) is 12.1. The molecule has 11 nitrogen and oxygen atoms in total. The molecule has 0 spiro atoms. The molecule has 1 amide bonds. The van der Waals surface area contributed by atoms with E-state index in [-0.39, 0.29) is 17.0 Å². The van der Waals surface area contributed by atoms with Crippen LogP contribution in [0.3, 0.4) is 0 Å². The number of carbonyl (C=O) groups is 1. The molecule has 0 aliphatic carbocycles. The van der Waals surface area contributed by atoms with Gasteiger partial charge in [0.25, 0.3) is 10.2 Å². The van der Waals surface area contributed by atoms with Crippen molar-refractivity contribution in [1.29, 1.82) is 5.26 Å². The molecule has 1 heterocycles. The molecular weight excluding hydrogens is 332 g/mol. The smallest absolute Gasteiger partial charge is 0.409 e. The molecule has 132 valence electrons. The fraction of sp³-hybridized carbons (Fsp3) is 0.429. The van der Waals surface area contributed by atoms with Crippen molar-refractivity contribution in [1.82, 2.24) is 9.91 Å². The molecule has 2 rings (SSSR count). The number of rotatable bonds is 5. The molecule has 25 heavy (non-hydrogen) atoms. The number of carbonyl (C=O) groups excluding carboxylic acids is 1. The van der Waals surface area contributed by atoms with E-state index in [1.54, 1.807) is 6.92 Å². The molecule has 1 fully saturated rings. The van der Waals surface area contributed by atoms with E-state index in [1.807, 2.05) is 6.07 Å². The van der Waals surface area contributed by atoms with Crippen molar-refractivity contribution in [2.24, 2.45) is 10.5 Å². The number of hydrogen-bond donors (Lipinski definition) is 1. The fourth-order valence-corrected chi connectivity index (χ4v) is 2.15. The molecule has 0 radical (unpaired) electrons. The van der Waals surface area contributed by atoms with Crippen molar-refractivity contribution in [3.8, 4) is 11.8 Å². The van der Waals surface area contributed by atoms with Crippen LogP contribution in [0.5, 0.6) is 5.75 Å². The molecule has 1 aromatic rings. The third-order valence-corrected chi connectivity index (χ3v) is 3.44. The average molecular weight is 349 g/mol. The number of hydrazine groups is 1. The highest BCUT2D eigenvalue weighted by atomic mass is 16.7. The number of nitrogens with zero attached hydrogens (tertiary/aromatic N) is 6. The number of amides is 1. The van der Waals surface area contributed by atoms with Gasteiger partial charge in [0.15, 0.2) is 5.75 Å². The minimum absolute atomic E-state index is 0.0568. The minimum atomic E-state index is -0.401. The monoisotopic (exact) mass is 349 g/mol. The summed E-state index contributed by atoms with van der Waals surface area (Å²) in [6.07, 6.45) is -0.401. The van der Waals surface area contributed by atoms with E-state index >= 15 is 0 Å². The van der Waals surface area contributed by atoms with Gasteiger partial charge in [0.2, 0.25) is 0 Å². The number of piperazine rings is 1. The van der Waals surface area contributed by atoms with E-state index in [4.69, 9.17) is 14.8 Å². The van der Waals surface area contributed by atoms with Gasteiger partial charge in [-0.05, 0) is 30.3 Å². The molecule has 0 aromatic heterocycles. The van der Waals surface area contributed by atoms with Gasteiger partial charge in [-0.3, -0.25) is 0 Å². The lowest BCUT2D eigenvalue weighted by molar-refractivity contribution is -0.940. The number of hydrogen-bond acceptors (Lipinski definition) is 7. The Kier molecular flexibility index (Phi) is 6.05. The first-order valence-corrected chi connectivity index (χ1v) is 7.50. The van der Waals surface area contributed by atoms with Gasteiger partial charge in [-0.1, -0.05) is 0 Å². The van der Waals surface area contributed by atoms with Crippen LogP contribution in [0.4, 0.5) is 10.5 Å². The van der Waals surface area contributed by atoms with Crippen molar-refractivity contribution >= 4 is 11.8 Å². The Morgan fingerprint density at radius 3 is 2.72 bits per heavy atom. The molecule has 1 N–H and O–H groups in total. The Bertz CT molecular complexity index is 708. The van der Waals surface area contributed by atoms with Gasteiger partial charge < -0.3 is 14.5 Å². The van der Waals surface area contributed by atoms with Crippen LogP contribution in [0.25, 0.3) is 0 Å². The summed E-state index contributed by atoms with van der Waals surface area (Å²) in [6.45, 7) is 3.38. The number of ether oxygens (including phenoxy) is 1. The second kappa shape index (κ2) is 8.44. The molecule has 11 heteroatoms. The third kappa shape index (κ3) is 4.54. The summed E-state index contributed by atoms with van der Waals surface area (Å²) < 4.78 is 4.91. The zero-order valence-electron chi connectivity index (χ0n) is 13.5. The SMILES string of the molecule is CCOC(=O)N1CCN(/[N+](O)=N/Oc2ccc(N=O)cc2C#N)CC1. The minimum Gasteiger partial charge on any atom is -0.450 e. The molecule has 0 unspecified atom stereocenters. The van der Waals surface area contributed by atoms with Crippen LogP contribution in [0.2, 0.25) is 0 Å². The fourth-order valence-electron chi connectivity index (χ4n) is 2.15. The van der Waals surface area contributed by atoms with Crippen molar-refractivity contribution in [2.45, 2.75) is 6.92 Å². The summed E-state index contributed by atoms with van der Waals surface area (Å²) in [5.41, 5.74) is 0.140. The van der Waals surface area contributed by atoms with Gasteiger partial charge in [0.1, 0.15) is 11.8 Å². The van der Waals surface area contributed by atoms with Crippen LogP contribution in [-0.2, 0) is 4.74 Å². The van der Waals surface area contributed by atoms with E-state index in [0.717, 1.165) is 0 Å². The van der Waals surface area contributed by atoms with Crippen LogP contribution in [0.15, 0.2) is 28.7 Å². The lowest BCUT2D eigenvalue weighted by Gasteiger charge is -2.28. The summed E-state index contributed by atoms with van der Waals surface area (Å²) in [4.78, 5) is 29.1. The molecule has 1 saturated heterocycles. The second-order valence-electron chi connectivity index (χ2n) is 4.96. The maximum atomic E-state index is 11.6. The number of nitroso groups, excluding NO2 is 1. The second-order valence-corrected chi connectivity index (χ2v) is 4.96. The summed E-state index contributed by atoms with van der Waals surface area (Å²) in [6, 6.07) is 5.81. The molecular formula is C14H17N6O5+. The lowest BCUT2D eigenvalue weighted by atomic mass is 10.2. The Hall–Kier alpha value is -3.42. The maximum Gasteiger partial charge on any atom is 0.409 e. The van der Waals surface area contributed by atoms with E-state index in [2.05, 4.69) is 10.5 Å². The first kappa shape index (κ1) is 17.9. The van der Waals surface area contributed by atoms with Crippen LogP contribution in [-0.4, -0.2) is 59.0 Å². The summed E-state index contributed by atoms with van der Waals surface area (Å²) in [7, 11) is 0. The normalized spacial score (nSPS) is 14.6. The zero-order valence-corrected chi connectivity index (χ0v) is 13.5. The summed E-state index contributed by atoms with van der Waals surface area (Å²) in [5.74, 6) is 0.0686. The van der Waals surface area contributed by atoms with Crippen molar-refractivity contribution < 1.29 is 24.5 Å². The lowest BCUT2D eigenvalue weighted by Crippen LogP contribution is -2.51. The Balaban J connectivity index is 1.96.